The zero-order valence-corrected chi connectivity index (χ0v) is 12.9. The lowest BCUT2D eigenvalue weighted by atomic mass is 9.96. The third-order valence-corrected chi connectivity index (χ3v) is 3.64. The van der Waals surface area contributed by atoms with Gasteiger partial charge in [-0.2, -0.15) is 0 Å². The molecule has 1 amide bonds. The molecule has 0 fully saturated rings. The molecule has 0 saturated heterocycles. The average molecular weight is 314 g/mol. The van der Waals surface area contributed by atoms with E-state index in [9.17, 15) is 20.0 Å². The molecule has 0 aliphatic rings. The Morgan fingerprint density at radius 3 is 2.48 bits per heavy atom. The molecule has 23 heavy (non-hydrogen) atoms. The van der Waals surface area contributed by atoms with E-state index in [1.165, 1.54) is 18.2 Å². The maximum absolute atomic E-state index is 12.2. The van der Waals surface area contributed by atoms with Gasteiger partial charge >= 0.3 is 0 Å². The fourth-order valence-corrected chi connectivity index (χ4v) is 2.26. The lowest BCUT2D eigenvalue weighted by Gasteiger charge is -2.24. The van der Waals surface area contributed by atoms with Crippen molar-refractivity contribution in [2.75, 3.05) is 6.54 Å². The SMILES string of the molecule is Cc1cc(C(=O)NCC(C)(O)c2ccccc2)ccc1[N+](=O)[O-]. The molecule has 6 heteroatoms. The minimum absolute atomic E-state index is 0.0298. The van der Waals surface area contributed by atoms with Gasteiger partial charge in [0.15, 0.2) is 0 Å². The van der Waals surface area contributed by atoms with E-state index in [4.69, 9.17) is 0 Å². The Balaban J connectivity index is 2.08. The van der Waals surface area contributed by atoms with Gasteiger partial charge in [-0.05, 0) is 31.5 Å². The molecular formula is C17H18N2O4. The lowest BCUT2D eigenvalue weighted by Crippen LogP contribution is -2.38. The van der Waals surface area contributed by atoms with Gasteiger partial charge < -0.3 is 10.4 Å². The molecule has 0 bridgehead atoms. The second kappa shape index (κ2) is 6.58. The molecule has 120 valence electrons. The van der Waals surface area contributed by atoms with E-state index >= 15 is 0 Å². The van der Waals surface area contributed by atoms with Crippen molar-refractivity contribution in [1.29, 1.82) is 0 Å². The molecule has 0 heterocycles. The smallest absolute Gasteiger partial charge is 0.272 e. The first kappa shape index (κ1) is 16.6. The van der Waals surface area contributed by atoms with Gasteiger partial charge in [0, 0.05) is 17.2 Å². The van der Waals surface area contributed by atoms with E-state index in [1.807, 2.05) is 18.2 Å². The molecule has 0 aliphatic heterocycles. The fraction of sp³-hybridized carbons (Fsp3) is 0.235. The molecule has 0 saturated carbocycles. The Morgan fingerprint density at radius 1 is 1.26 bits per heavy atom. The van der Waals surface area contributed by atoms with Crippen molar-refractivity contribution in [3.05, 3.63) is 75.3 Å². The first-order chi connectivity index (χ1) is 10.8. The Kier molecular flexibility index (Phi) is 4.76. The second-order valence-corrected chi connectivity index (χ2v) is 5.58. The predicted molar refractivity (Wildman–Crippen MR) is 86.2 cm³/mol. The van der Waals surface area contributed by atoms with Gasteiger partial charge in [-0.15, -0.1) is 0 Å². The fourth-order valence-electron chi connectivity index (χ4n) is 2.26. The summed E-state index contributed by atoms with van der Waals surface area (Å²) >= 11 is 0. The van der Waals surface area contributed by atoms with E-state index in [1.54, 1.807) is 26.0 Å². The summed E-state index contributed by atoms with van der Waals surface area (Å²) in [5.74, 6) is -0.390. The van der Waals surface area contributed by atoms with Crippen molar-refractivity contribution in [1.82, 2.24) is 5.32 Å². The van der Waals surface area contributed by atoms with Crippen LogP contribution < -0.4 is 5.32 Å². The van der Waals surface area contributed by atoms with Crippen molar-refractivity contribution < 1.29 is 14.8 Å². The minimum atomic E-state index is -1.20. The molecule has 0 aliphatic carbocycles. The molecule has 0 radical (unpaired) electrons. The molecular weight excluding hydrogens is 296 g/mol. The number of nitro groups is 1. The molecule has 2 N–H and O–H groups in total. The zero-order chi connectivity index (χ0) is 17.0. The Hall–Kier alpha value is -2.73. The van der Waals surface area contributed by atoms with Crippen LogP contribution in [0.5, 0.6) is 0 Å². The number of nitrogens with one attached hydrogen (secondary N) is 1. The first-order valence-corrected chi connectivity index (χ1v) is 7.12. The highest BCUT2D eigenvalue weighted by molar-refractivity contribution is 5.94. The molecule has 1 unspecified atom stereocenters. The van der Waals surface area contributed by atoms with E-state index < -0.39 is 10.5 Å². The number of hydrogen-bond donors (Lipinski definition) is 2. The van der Waals surface area contributed by atoms with Crippen LogP contribution in [0, 0.1) is 17.0 Å². The first-order valence-electron chi connectivity index (χ1n) is 7.12. The van der Waals surface area contributed by atoms with Gasteiger partial charge in [0.1, 0.15) is 5.60 Å². The van der Waals surface area contributed by atoms with E-state index in [2.05, 4.69) is 5.32 Å². The maximum Gasteiger partial charge on any atom is 0.272 e. The van der Waals surface area contributed by atoms with Crippen LogP contribution in [0.25, 0.3) is 0 Å². The van der Waals surface area contributed by atoms with Crippen LogP contribution in [-0.2, 0) is 5.60 Å². The summed E-state index contributed by atoms with van der Waals surface area (Å²) in [5, 5.41) is 23.9. The number of aliphatic hydroxyl groups is 1. The highest BCUT2D eigenvalue weighted by Gasteiger charge is 2.24. The lowest BCUT2D eigenvalue weighted by molar-refractivity contribution is -0.385. The quantitative estimate of drug-likeness (QED) is 0.655. The van der Waals surface area contributed by atoms with Crippen LogP contribution >= 0.6 is 0 Å². The van der Waals surface area contributed by atoms with E-state index in [0.717, 1.165) is 0 Å². The van der Waals surface area contributed by atoms with Crippen LogP contribution in [0.15, 0.2) is 48.5 Å². The van der Waals surface area contributed by atoms with Gasteiger partial charge in [-0.25, -0.2) is 0 Å². The van der Waals surface area contributed by atoms with E-state index in [0.29, 0.717) is 16.7 Å². The van der Waals surface area contributed by atoms with Gasteiger partial charge in [-0.1, -0.05) is 30.3 Å². The highest BCUT2D eigenvalue weighted by atomic mass is 16.6. The van der Waals surface area contributed by atoms with Crippen molar-refractivity contribution in [3.63, 3.8) is 0 Å². The topological polar surface area (TPSA) is 92.5 Å². The Morgan fingerprint density at radius 2 is 1.91 bits per heavy atom. The molecule has 2 rings (SSSR count). The minimum Gasteiger partial charge on any atom is -0.384 e. The monoisotopic (exact) mass is 314 g/mol. The number of rotatable bonds is 5. The Labute approximate surface area is 133 Å². The number of amides is 1. The Bertz CT molecular complexity index is 727. The third-order valence-electron chi connectivity index (χ3n) is 3.64. The highest BCUT2D eigenvalue weighted by Crippen LogP contribution is 2.21. The number of hydrogen-bond acceptors (Lipinski definition) is 4. The molecule has 0 spiro atoms. The summed E-state index contributed by atoms with van der Waals surface area (Å²) in [7, 11) is 0. The summed E-state index contributed by atoms with van der Waals surface area (Å²) in [6.07, 6.45) is 0. The number of nitrogens with zero attached hydrogens (tertiary/aromatic N) is 1. The van der Waals surface area contributed by atoms with Crippen molar-refractivity contribution in [3.8, 4) is 0 Å². The van der Waals surface area contributed by atoms with Crippen LogP contribution in [0.3, 0.4) is 0 Å². The predicted octanol–water partition coefficient (Wildman–Crippen LogP) is 2.54. The standard InChI is InChI=1S/C17H18N2O4/c1-12-10-13(8-9-15(12)19(22)23)16(20)18-11-17(2,21)14-6-4-3-5-7-14/h3-10,21H,11H2,1-2H3,(H,18,20). The van der Waals surface area contributed by atoms with Crippen LogP contribution in [0.4, 0.5) is 5.69 Å². The van der Waals surface area contributed by atoms with Crippen molar-refractivity contribution in [2.45, 2.75) is 19.4 Å². The normalized spacial score (nSPS) is 13.2. The van der Waals surface area contributed by atoms with Gasteiger partial charge in [0.25, 0.3) is 11.6 Å². The molecule has 0 aromatic heterocycles. The zero-order valence-electron chi connectivity index (χ0n) is 12.9. The molecule has 2 aromatic carbocycles. The van der Waals surface area contributed by atoms with Crippen LogP contribution in [-0.4, -0.2) is 22.5 Å². The summed E-state index contributed by atoms with van der Waals surface area (Å²) in [5.41, 5.74) is 0.194. The summed E-state index contributed by atoms with van der Waals surface area (Å²) < 4.78 is 0. The largest absolute Gasteiger partial charge is 0.384 e. The summed E-state index contributed by atoms with van der Waals surface area (Å²) in [6, 6.07) is 13.2. The third kappa shape index (κ3) is 3.92. The average Bonchev–Trinajstić information content (AvgIpc) is 2.53. The van der Waals surface area contributed by atoms with Gasteiger partial charge in [0.2, 0.25) is 0 Å². The molecule has 6 nitrogen and oxygen atoms in total. The molecule has 2 aromatic rings. The van der Waals surface area contributed by atoms with Crippen molar-refractivity contribution in [2.24, 2.45) is 0 Å². The summed E-state index contributed by atoms with van der Waals surface area (Å²) in [4.78, 5) is 22.5. The number of carbonyl (C=O) groups excluding carboxylic acids is 1. The van der Waals surface area contributed by atoms with Crippen LogP contribution in [0.1, 0.15) is 28.4 Å². The van der Waals surface area contributed by atoms with Gasteiger partial charge in [-0.3, -0.25) is 14.9 Å². The van der Waals surface area contributed by atoms with Gasteiger partial charge in [0.05, 0.1) is 11.5 Å². The number of carbonyl (C=O) groups is 1. The van der Waals surface area contributed by atoms with Crippen LogP contribution in [0.2, 0.25) is 0 Å². The number of benzene rings is 2. The number of nitro benzene ring substituents is 1. The summed E-state index contributed by atoms with van der Waals surface area (Å²) in [6.45, 7) is 3.23. The second-order valence-electron chi connectivity index (χ2n) is 5.58. The number of aryl methyl sites for hydroxylation is 1. The van der Waals surface area contributed by atoms with Crippen molar-refractivity contribution >= 4 is 11.6 Å². The molecule has 1 atom stereocenters. The van der Waals surface area contributed by atoms with E-state index in [-0.39, 0.29) is 18.1 Å². The maximum atomic E-state index is 12.2.